The molecular formula is C18H18. The summed E-state index contributed by atoms with van der Waals surface area (Å²) in [7, 11) is 0. The molecule has 0 amide bonds. The van der Waals surface area contributed by atoms with Gasteiger partial charge in [0.15, 0.2) is 0 Å². The number of allylic oxidation sites excluding steroid dienone is 1. The van der Waals surface area contributed by atoms with E-state index in [0.29, 0.717) is 0 Å². The molecule has 2 aromatic rings. The Morgan fingerprint density at radius 3 is 2.22 bits per heavy atom. The molecule has 0 nitrogen and oxygen atoms in total. The fraction of sp³-hybridized carbons (Fsp3) is 0.222. The van der Waals surface area contributed by atoms with Crippen molar-refractivity contribution >= 4 is 6.08 Å². The van der Waals surface area contributed by atoms with Crippen LogP contribution in [0.3, 0.4) is 0 Å². The molecule has 0 saturated heterocycles. The summed E-state index contributed by atoms with van der Waals surface area (Å²) in [5.74, 6) is 0. The van der Waals surface area contributed by atoms with Crippen LogP contribution in [0.5, 0.6) is 0 Å². The van der Waals surface area contributed by atoms with Crippen LogP contribution < -0.4 is 0 Å². The highest BCUT2D eigenvalue weighted by molar-refractivity contribution is 5.83. The molecule has 0 saturated carbocycles. The zero-order chi connectivity index (χ0) is 12.7. The first kappa shape index (κ1) is 11.3. The number of hydrogen-bond donors (Lipinski definition) is 0. The summed E-state index contributed by atoms with van der Waals surface area (Å²) in [6, 6.07) is 13.2. The van der Waals surface area contributed by atoms with Crippen molar-refractivity contribution in [3.05, 3.63) is 64.2 Å². The van der Waals surface area contributed by atoms with Crippen LogP contribution in [0.4, 0.5) is 0 Å². The summed E-state index contributed by atoms with van der Waals surface area (Å²) in [6.07, 6.45) is 3.45. The van der Waals surface area contributed by atoms with Crippen LogP contribution >= 0.6 is 0 Å². The molecule has 18 heavy (non-hydrogen) atoms. The number of rotatable bonds is 1. The molecule has 2 aromatic carbocycles. The predicted molar refractivity (Wildman–Crippen MR) is 78.7 cm³/mol. The molecule has 0 heterocycles. The number of aryl methyl sites for hydroxylation is 2. The molecule has 0 aliphatic heterocycles. The van der Waals surface area contributed by atoms with Crippen molar-refractivity contribution in [3.8, 4) is 11.1 Å². The van der Waals surface area contributed by atoms with E-state index in [-0.39, 0.29) is 0 Å². The molecule has 0 N–H and O–H groups in total. The largest absolute Gasteiger partial charge is 0.0683 e. The van der Waals surface area contributed by atoms with Crippen molar-refractivity contribution in [3.63, 3.8) is 0 Å². The van der Waals surface area contributed by atoms with Gasteiger partial charge < -0.3 is 0 Å². The van der Waals surface area contributed by atoms with Gasteiger partial charge in [-0.2, -0.15) is 0 Å². The molecule has 0 aromatic heterocycles. The van der Waals surface area contributed by atoms with Crippen LogP contribution in [0.15, 0.2) is 42.0 Å². The lowest BCUT2D eigenvalue weighted by Crippen LogP contribution is -1.92. The van der Waals surface area contributed by atoms with Gasteiger partial charge in [-0.1, -0.05) is 48.0 Å². The smallest absolute Gasteiger partial charge is 0.00604 e. The first-order chi connectivity index (χ1) is 8.66. The summed E-state index contributed by atoms with van der Waals surface area (Å²) in [4.78, 5) is 0. The van der Waals surface area contributed by atoms with Crippen LogP contribution in [0.1, 0.15) is 29.2 Å². The van der Waals surface area contributed by atoms with Gasteiger partial charge in [-0.25, -0.2) is 0 Å². The zero-order valence-electron chi connectivity index (χ0n) is 11.2. The van der Waals surface area contributed by atoms with E-state index in [1.807, 2.05) is 0 Å². The summed E-state index contributed by atoms with van der Waals surface area (Å²) in [6.45, 7) is 6.62. The Kier molecular flexibility index (Phi) is 2.59. The van der Waals surface area contributed by atoms with Crippen molar-refractivity contribution in [2.75, 3.05) is 0 Å². The number of benzene rings is 2. The number of hydrogen-bond acceptors (Lipinski definition) is 0. The highest BCUT2D eigenvalue weighted by Gasteiger charge is 2.16. The van der Waals surface area contributed by atoms with Crippen molar-refractivity contribution < 1.29 is 0 Å². The van der Waals surface area contributed by atoms with E-state index < -0.39 is 0 Å². The average Bonchev–Trinajstić information content (AvgIpc) is 2.70. The van der Waals surface area contributed by atoms with E-state index in [4.69, 9.17) is 0 Å². The molecule has 1 aliphatic carbocycles. The van der Waals surface area contributed by atoms with Gasteiger partial charge in [-0.3, -0.25) is 0 Å². The SMILES string of the molecule is CC1=Cc2c(cccc2-c2c(C)cccc2C)C1. The second-order valence-electron chi connectivity index (χ2n) is 5.31. The van der Waals surface area contributed by atoms with Gasteiger partial charge in [0.2, 0.25) is 0 Å². The van der Waals surface area contributed by atoms with E-state index in [0.717, 1.165) is 6.42 Å². The minimum absolute atomic E-state index is 1.11. The van der Waals surface area contributed by atoms with Gasteiger partial charge in [-0.15, -0.1) is 0 Å². The Bertz CT molecular complexity index is 625. The summed E-state index contributed by atoms with van der Waals surface area (Å²) < 4.78 is 0. The topological polar surface area (TPSA) is 0 Å². The first-order valence-corrected chi connectivity index (χ1v) is 6.52. The van der Waals surface area contributed by atoms with E-state index in [1.165, 1.54) is 39.0 Å². The van der Waals surface area contributed by atoms with Crippen molar-refractivity contribution in [2.24, 2.45) is 0 Å². The van der Waals surface area contributed by atoms with Gasteiger partial charge in [0.05, 0.1) is 0 Å². The van der Waals surface area contributed by atoms with Crippen LogP contribution in [0.2, 0.25) is 0 Å². The van der Waals surface area contributed by atoms with E-state index in [2.05, 4.69) is 63.2 Å². The third-order valence-corrected chi connectivity index (χ3v) is 3.81. The summed E-state index contributed by atoms with van der Waals surface area (Å²) in [5.41, 5.74) is 9.87. The quantitative estimate of drug-likeness (QED) is 0.656. The van der Waals surface area contributed by atoms with E-state index in [1.54, 1.807) is 0 Å². The van der Waals surface area contributed by atoms with Gasteiger partial charge in [-0.05, 0) is 60.6 Å². The normalized spacial score (nSPS) is 13.4. The van der Waals surface area contributed by atoms with Gasteiger partial charge in [0, 0.05) is 0 Å². The molecule has 90 valence electrons. The molecule has 0 fully saturated rings. The zero-order valence-corrected chi connectivity index (χ0v) is 11.2. The van der Waals surface area contributed by atoms with Gasteiger partial charge in [0.1, 0.15) is 0 Å². The fourth-order valence-electron chi connectivity index (χ4n) is 2.99. The minimum Gasteiger partial charge on any atom is -0.0683 e. The molecule has 0 spiro atoms. The Labute approximate surface area is 109 Å². The maximum absolute atomic E-state index is 2.34. The molecule has 0 bridgehead atoms. The summed E-state index contributed by atoms with van der Waals surface area (Å²) in [5, 5.41) is 0. The molecular weight excluding hydrogens is 216 g/mol. The lowest BCUT2D eigenvalue weighted by molar-refractivity contribution is 1.19. The second-order valence-corrected chi connectivity index (χ2v) is 5.31. The van der Waals surface area contributed by atoms with Gasteiger partial charge >= 0.3 is 0 Å². The molecule has 1 aliphatic rings. The Hall–Kier alpha value is -1.82. The monoisotopic (exact) mass is 234 g/mol. The third kappa shape index (κ3) is 1.69. The third-order valence-electron chi connectivity index (χ3n) is 3.81. The standard InChI is InChI=1S/C18H18/c1-12-10-15-8-5-9-16(17(15)11-12)18-13(2)6-4-7-14(18)3/h4-9,11H,10H2,1-3H3. The first-order valence-electron chi connectivity index (χ1n) is 6.52. The van der Waals surface area contributed by atoms with Crippen LogP contribution in [0, 0.1) is 13.8 Å². The highest BCUT2D eigenvalue weighted by Crippen LogP contribution is 2.36. The minimum atomic E-state index is 1.11. The van der Waals surface area contributed by atoms with Crippen molar-refractivity contribution in [1.29, 1.82) is 0 Å². The maximum Gasteiger partial charge on any atom is -0.00604 e. The molecule has 3 rings (SSSR count). The van der Waals surface area contributed by atoms with Crippen LogP contribution in [-0.2, 0) is 6.42 Å². The van der Waals surface area contributed by atoms with Crippen LogP contribution in [0.25, 0.3) is 17.2 Å². The Balaban J connectivity index is 2.29. The Morgan fingerprint density at radius 1 is 0.833 bits per heavy atom. The lowest BCUT2D eigenvalue weighted by atomic mass is 9.91. The fourth-order valence-corrected chi connectivity index (χ4v) is 2.99. The lowest BCUT2D eigenvalue weighted by Gasteiger charge is -2.13. The molecule has 0 unspecified atom stereocenters. The summed E-state index contributed by atoms with van der Waals surface area (Å²) >= 11 is 0. The highest BCUT2D eigenvalue weighted by atomic mass is 14.2. The maximum atomic E-state index is 2.34. The van der Waals surface area contributed by atoms with Gasteiger partial charge in [0.25, 0.3) is 0 Å². The van der Waals surface area contributed by atoms with Crippen molar-refractivity contribution in [1.82, 2.24) is 0 Å². The second kappa shape index (κ2) is 4.13. The van der Waals surface area contributed by atoms with E-state index >= 15 is 0 Å². The van der Waals surface area contributed by atoms with E-state index in [9.17, 15) is 0 Å². The van der Waals surface area contributed by atoms with Crippen molar-refractivity contribution in [2.45, 2.75) is 27.2 Å². The predicted octanol–water partition coefficient (Wildman–Crippen LogP) is 4.93. The molecule has 0 heteroatoms. The molecule has 0 radical (unpaired) electrons. The average molecular weight is 234 g/mol. The molecule has 0 atom stereocenters. The number of fused-ring (bicyclic) bond motifs is 1. The van der Waals surface area contributed by atoms with Crippen LogP contribution in [-0.4, -0.2) is 0 Å². The Morgan fingerprint density at radius 2 is 1.50 bits per heavy atom.